The highest BCUT2D eigenvalue weighted by Gasteiger charge is 2.10. The summed E-state index contributed by atoms with van der Waals surface area (Å²) in [6.07, 6.45) is 1.50. The van der Waals surface area contributed by atoms with Crippen LogP contribution in [0, 0.1) is 19.8 Å². The number of hydrogen-bond acceptors (Lipinski definition) is 1. The Kier molecular flexibility index (Phi) is 4.55. The first-order valence-electron chi connectivity index (χ1n) is 5.65. The molecule has 0 saturated heterocycles. The Morgan fingerprint density at radius 3 is 2.44 bits per heavy atom. The van der Waals surface area contributed by atoms with E-state index < -0.39 is 0 Å². The van der Waals surface area contributed by atoms with Crippen LogP contribution < -0.4 is 0 Å². The molecule has 88 valence electrons. The Morgan fingerprint density at radius 1 is 1.31 bits per heavy atom. The largest absolute Gasteiger partial charge is 0.300 e. The molecule has 0 bridgehead atoms. The van der Waals surface area contributed by atoms with Crippen molar-refractivity contribution in [2.75, 3.05) is 0 Å². The maximum absolute atomic E-state index is 11.0. The smallest absolute Gasteiger partial charge is 0.130 e. The second-order valence-electron chi connectivity index (χ2n) is 4.74. The van der Waals surface area contributed by atoms with E-state index in [-0.39, 0.29) is 5.78 Å². The van der Waals surface area contributed by atoms with Crippen LogP contribution in [0.15, 0.2) is 12.1 Å². The van der Waals surface area contributed by atoms with Crippen LogP contribution >= 0.6 is 11.6 Å². The van der Waals surface area contributed by atoms with Gasteiger partial charge in [0.1, 0.15) is 5.78 Å². The average Bonchev–Trinajstić information content (AvgIpc) is 2.12. The number of aryl methyl sites for hydroxylation is 2. The highest BCUT2D eigenvalue weighted by Crippen LogP contribution is 2.24. The molecule has 0 saturated carbocycles. The molecule has 0 aliphatic heterocycles. The number of hydrogen-bond donors (Lipinski definition) is 0. The Hall–Kier alpha value is -0.820. The summed E-state index contributed by atoms with van der Waals surface area (Å²) in [5.41, 5.74) is 3.63. The Morgan fingerprint density at radius 2 is 1.88 bits per heavy atom. The first kappa shape index (κ1) is 13.2. The first-order valence-corrected chi connectivity index (χ1v) is 6.03. The van der Waals surface area contributed by atoms with Crippen LogP contribution in [0.1, 0.15) is 37.0 Å². The van der Waals surface area contributed by atoms with E-state index in [1.165, 1.54) is 11.1 Å². The van der Waals surface area contributed by atoms with Gasteiger partial charge in [0.25, 0.3) is 0 Å². The molecule has 1 aromatic carbocycles. The molecule has 0 radical (unpaired) electrons. The van der Waals surface area contributed by atoms with E-state index in [4.69, 9.17) is 11.6 Å². The zero-order valence-corrected chi connectivity index (χ0v) is 11.2. The summed E-state index contributed by atoms with van der Waals surface area (Å²) in [6.45, 7) is 7.88. The van der Waals surface area contributed by atoms with Gasteiger partial charge in [0, 0.05) is 11.4 Å². The Labute approximate surface area is 103 Å². The molecule has 16 heavy (non-hydrogen) atoms. The summed E-state index contributed by atoms with van der Waals surface area (Å²) in [5, 5.41) is 0.818. The maximum atomic E-state index is 11.0. The van der Waals surface area contributed by atoms with Gasteiger partial charge >= 0.3 is 0 Å². The van der Waals surface area contributed by atoms with Crippen molar-refractivity contribution in [2.24, 2.45) is 5.92 Å². The van der Waals surface area contributed by atoms with E-state index in [2.05, 4.69) is 26.8 Å². The normalized spacial score (nSPS) is 12.6. The summed E-state index contributed by atoms with van der Waals surface area (Å²) in [6, 6.07) is 4.14. The number of Topliss-reactive ketones (excluding diaryl/α,β-unsaturated/α-hetero) is 1. The van der Waals surface area contributed by atoms with E-state index in [1.54, 1.807) is 6.92 Å². The third-order valence-electron chi connectivity index (χ3n) is 2.87. The van der Waals surface area contributed by atoms with Crippen LogP contribution in [0.3, 0.4) is 0 Å². The van der Waals surface area contributed by atoms with Crippen LogP contribution in [-0.4, -0.2) is 5.78 Å². The van der Waals surface area contributed by atoms with E-state index in [1.807, 2.05) is 6.07 Å². The molecular weight excluding hydrogens is 220 g/mol. The van der Waals surface area contributed by atoms with Gasteiger partial charge in [-0.2, -0.15) is 0 Å². The van der Waals surface area contributed by atoms with Crippen molar-refractivity contribution in [3.63, 3.8) is 0 Å². The zero-order valence-electron chi connectivity index (χ0n) is 10.4. The lowest BCUT2D eigenvalue weighted by Gasteiger charge is -2.12. The predicted molar refractivity (Wildman–Crippen MR) is 69.1 cm³/mol. The van der Waals surface area contributed by atoms with Crippen molar-refractivity contribution in [1.29, 1.82) is 0 Å². The molecule has 0 aromatic heterocycles. The van der Waals surface area contributed by atoms with Crippen molar-refractivity contribution in [2.45, 2.75) is 40.5 Å². The lowest BCUT2D eigenvalue weighted by atomic mass is 9.94. The van der Waals surface area contributed by atoms with Gasteiger partial charge < -0.3 is 4.79 Å². The molecular formula is C14H19ClO. The highest BCUT2D eigenvalue weighted by molar-refractivity contribution is 6.31. The molecule has 0 N–H and O–H groups in total. The van der Waals surface area contributed by atoms with E-state index in [0.717, 1.165) is 17.0 Å². The summed E-state index contributed by atoms with van der Waals surface area (Å²) in [5.74, 6) is 0.601. The fraction of sp³-hybridized carbons (Fsp3) is 0.500. The van der Waals surface area contributed by atoms with Gasteiger partial charge in [0.15, 0.2) is 0 Å². The molecule has 0 fully saturated rings. The monoisotopic (exact) mass is 238 g/mol. The van der Waals surface area contributed by atoms with E-state index in [0.29, 0.717) is 12.3 Å². The summed E-state index contributed by atoms with van der Waals surface area (Å²) in [7, 11) is 0. The van der Waals surface area contributed by atoms with Crippen molar-refractivity contribution >= 4 is 17.4 Å². The van der Waals surface area contributed by atoms with Crippen LogP contribution in [0.2, 0.25) is 5.02 Å². The zero-order chi connectivity index (χ0) is 12.3. The van der Waals surface area contributed by atoms with Crippen LogP contribution in [0.4, 0.5) is 0 Å². The minimum absolute atomic E-state index is 0.243. The number of halogens is 1. The number of carbonyl (C=O) groups excluding carboxylic acids is 1. The maximum Gasteiger partial charge on any atom is 0.130 e. The topological polar surface area (TPSA) is 17.1 Å². The molecule has 1 unspecified atom stereocenters. The molecule has 1 atom stereocenters. The van der Waals surface area contributed by atoms with Gasteiger partial charge in [-0.1, -0.05) is 24.6 Å². The first-order chi connectivity index (χ1) is 7.40. The Balaban J connectivity index is 2.81. The van der Waals surface area contributed by atoms with E-state index in [9.17, 15) is 4.79 Å². The van der Waals surface area contributed by atoms with Gasteiger partial charge in [0.2, 0.25) is 0 Å². The molecule has 0 heterocycles. The van der Waals surface area contributed by atoms with Gasteiger partial charge in [-0.05, 0) is 55.9 Å². The number of benzene rings is 1. The molecule has 1 nitrogen and oxygen atoms in total. The minimum Gasteiger partial charge on any atom is -0.300 e. The standard InChI is InChI=1S/C14H19ClO/c1-9(5-12(4)16)6-13-7-10(2)11(3)8-14(13)15/h7-9H,5-6H2,1-4H3. The molecule has 2 heteroatoms. The quantitative estimate of drug-likeness (QED) is 0.772. The van der Waals surface area contributed by atoms with Gasteiger partial charge in [-0.25, -0.2) is 0 Å². The van der Waals surface area contributed by atoms with Crippen molar-refractivity contribution in [3.05, 3.63) is 33.8 Å². The highest BCUT2D eigenvalue weighted by atomic mass is 35.5. The lowest BCUT2D eigenvalue weighted by Crippen LogP contribution is -2.06. The second-order valence-corrected chi connectivity index (χ2v) is 5.15. The van der Waals surface area contributed by atoms with Gasteiger partial charge in [-0.15, -0.1) is 0 Å². The SMILES string of the molecule is CC(=O)CC(C)Cc1cc(C)c(C)cc1Cl. The average molecular weight is 239 g/mol. The minimum atomic E-state index is 0.243. The Bertz CT molecular complexity index is 396. The number of carbonyl (C=O) groups is 1. The van der Waals surface area contributed by atoms with Crippen molar-refractivity contribution < 1.29 is 4.79 Å². The third kappa shape index (κ3) is 3.64. The summed E-state index contributed by atoms with van der Waals surface area (Å²) < 4.78 is 0. The second kappa shape index (κ2) is 5.49. The van der Waals surface area contributed by atoms with Crippen LogP contribution in [0.25, 0.3) is 0 Å². The molecule has 0 amide bonds. The van der Waals surface area contributed by atoms with Crippen molar-refractivity contribution in [1.82, 2.24) is 0 Å². The van der Waals surface area contributed by atoms with Gasteiger partial charge in [-0.3, -0.25) is 0 Å². The molecule has 1 rings (SSSR count). The lowest BCUT2D eigenvalue weighted by molar-refractivity contribution is -0.117. The summed E-state index contributed by atoms with van der Waals surface area (Å²) in [4.78, 5) is 11.0. The van der Waals surface area contributed by atoms with Crippen LogP contribution in [0.5, 0.6) is 0 Å². The van der Waals surface area contributed by atoms with Crippen LogP contribution in [-0.2, 0) is 11.2 Å². The fourth-order valence-electron chi connectivity index (χ4n) is 1.94. The van der Waals surface area contributed by atoms with Gasteiger partial charge in [0.05, 0.1) is 0 Å². The molecule has 0 aliphatic carbocycles. The number of rotatable bonds is 4. The van der Waals surface area contributed by atoms with Crippen molar-refractivity contribution in [3.8, 4) is 0 Å². The summed E-state index contributed by atoms with van der Waals surface area (Å²) >= 11 is 6.20. The fourth-order valence-corrected chi connectivity index (χ4v) is 2.23. The van der Waals surface area contributed by atoms with E-state index >= 15 is 0 Å². The third-order valence-corrected chi connectivity index (χ3v) is 3.22. The molecule has 0 aliphatic rings. The predicted octanol–water partition coefficient (Wildman–Crippen LogP) is 4.11. The number of ketones is 1. The molecule has 0 spiro atoms. The molecule has 1 aromatic rings.